The van der Waals surface area contributed by atoms with E-state index in [4.69, 9.17) is 4.74 Å². The Morgan fingerprint density at radius 1 is 1.23 bits per heavy atom. The van der Waals surface area contributed by atoms with E-state index in [-0.39, 0.29) is 35.9 Å². The molecule has 1 atom stereocenters. The summed E-state index contributed by atoms with van der Waals surface area (Å²) in [5, 5.41) is 25.4. The fourth-order valence-corrected chi connectivity index (χ4v) is 6.98. The van der Waals surface area contributed by atoms with E-state index in [9.17, 15) is 14.9 Å². The Kier molecular flexibility index (Phi) is 9.53. The van der Waals surface area contributed by atoms with Gasteiger partial charge in [0.15, 0.2) is 11.0 Å². The Balaban J connectivity index is 1.32. The number of thiophene rings is 1. The summed E-state index contributed by atoms with van der Waals surface area (Å²) in [6, 6.07) is 9.70. The van der Waals surface area contributed by atoms with Crippen LogP contribution in [0.1, 0.15) is 61.5 Å². The maximum absolute atomic E-state index is 12.9. The lowest BCUT2D eigenvalue weighted by Gasteiger charge is -2.33. The molecule has 0 bridgehead atoms. The normalized spacial score (nSPS) is 14.8. The van der Waals surface area contributed by atoms with Gasteiger partial charge in [-0.3, -0.25) is 9.59 Å². The van der Waals surface area contributed by atoms with Crippen molar-refractivity contribution in [2.24, 2.45) is 11.3 Å². The fourth-order valence-electron chi connectivity index (χ4n) is 4.87. The van der Waals surface area contributed by atoms with Crippen molar-refractivity contribution in [3.8, 4) is 11.8 Å². The van der Waals surface area contributed by atoms with E-state index >= 15 is 0 Å². The Morgan fingerprint density at radius 3 is 2.62 bits per heavy atom. The van der Waals surface area contributed by atoms with Crippen LogP contribution in [0.15, 0.2) is 29.4 Å². The van der Waals surface area contributed by atoms with Crippen LogP contribution in [-0.2, 0) is 41.9 Å². The summed E-state index contributed by atoms with van der Waals surface area (Å²) < 4.78 is 7.05. The lowest BCUT2D eigenvalue weighted by Crippen LogP contribution is -2.26. The number of rotatable bonds is 10. The average Bonchev–Trinajstić information content (AvgIpc) is 3.49. The summed E-state index contributed by atoms with van der Waals surface area (Å²) >= 11 is 2.82. The van der Waals surface area contributed by atoms with Crippen LogP contribution in [0.5, 0.6) is 5.75 Å². The molecule has 4 rings (SSSR count). The van der Waals surface area contributed by atoms with Gasteiger partial charge in [0, 0.05) is 11.4 Å². The Hall–Kier alpha value is -3.36. The second-order valence-corrected chi connectivity index (χ2v) is 13.0. The number of carbonyl (C=O) groups is 2. The lowest BCUT2D eigenvalue weighted by atomic mass is 9.72. The number of anilines is 1. The number of methoxy groups -OCH3 is 1. The second-order valence-electron chi connectivity index (χ2n) is 10.9. The second kappa shape index (κ2) is 12.9. The highest BCUT2D eigenvalue weighted by Gasteiger charge is 2.32. The maximum Gasteiger partial charge on any atom is 0.235 e. The highest BCUT2D eigenvalue weighted by atomic mass is 32.2. The van der Waals surface area contributed by atoms with Crippen LogP contribution < -0.4 is 15.4 Å². The van der Waals surface area contributed by atoms with E-state index in [0.29, 0.717) is 34.0 Å². The van der Waals surface area contributed by atoms with Gasteiger partial charge in [0.2, 0.25) is 11.8 Å². The van der Waals surface area contributed by atoms with Crippen LogP contribution in [-0.4, -0.2) is 39.4 Å². The third-order valence-corrected chi connectivity index (χ3v) is 9.40. The van der Waals surface area contributed by atoms with Gasteiger partial charge in [0.05, 0.1) is 31.4 Å². The van der Waals surface area contributed by atoms with E-state index in [1.807, 2.05) is 35.8 Å². The topological polar surface area (TPSA) is 122 Å². The van der Waals surface area contributed by atoms with E-state index in [1.165, 1.54) is 28.0 Å². The number of carbonyl (C=O) groups excluding carboxylic acids is 2. The van der Waals surface area contributed by atoms with Gasteiger partial charge in [-0.25, -0.2) is 0 Å². The molecule has 0 unspecified atom stereocenters. The van der Waals surface area contributed by atoms with Crippen molar-refractivity contribution < 1.29 is 14.3 Å². The van der Waals surface area contributed by atoms with E-state index in [0.717, 1.165) is 36.1 Å². The van der Waals surface area contributed by atoms with Gasteiger partial charge in [0.25, 0.3) is 0 Å². The molecule has 40 heavy (non-hydrogen) atoms. The monoisotopic (exact) mass is 580 g/mol. The van der Waals surface area contributed by atoms with Gasteiger partial charge in [-0.15, -0.1) is 21.5 Å². The molecule has 0 aliphatic heterocycles. The predicted octanol–water partition coefficient (Wildman–Crippen LogP) is 4.98. The number of nitriles is 1. The van der Waals surface area contributed by atoms with Crippen LogP contribution >= 0.6 is 23.1 Å². The van der Waals surface area contributed by atoms with Crippen molar-refractivity contribution in [3.63, 3.8) is 0 Å². The first-order valence-corrected chi connectivity index (χ1v) is 15.2. The Labute approximate surface area is 243 Å². The van der Waals surface area contributed by atoms with Crippen molar-refractivity contribution in [1.82, 2.24) is 20.1 Å². The molecule has 1 aromatic carbocycles. The molecule has 2 amide bonds. The summed E-state index contributed by atoms with van der Waals surface area (Å²) in [7, 11) is 1.60. The van der Waals surface area contributed by atoms with Gasteiger partial charge in [0.1, 0.15) is 16.8 Å². The van der Waals surface area contributed by atoms with E-state index < -0.39 is 0 Å². The smallest absolute Gasteiger partial charge is 0.235 e. The summed E-state index contributed by atoms with van der Waals surface area (Å²) in [6.45, 7) is 9.60. The molecule has 2 N–H and O–H groups in total. The predicted molar refractivity (Wildman–Crippen MR) is 158 cm³/mol. The highest BCUT2D eigenvalue weighted by Crippen LogP contribution is 2.44. The minimum atomic E-state index is -0.188. The molecule has 2 aromatic heterocycles. The number of amides is 2. The lowest BCUT2D eigenvalue weighted by molar-refractivity contribution is -0.120. The zero-order valence-corrected chi connectivity index (χ0v) is 25.3. The first-order chi connectivity index (χ1) is 19.1. The molecule has 1 aliphatic rings. The molecule has 11 heteroatoms. The summed E-state index contributed by atoms with van der Waals surface area (Å²) in [4.78, 5) is 26.5. The first-order valence-electron chi connectivity index (χ1n) is 13.4. The number of aromatic nitrogens is 3. The summed E-state index contributed by atoms with van der Waals surface area (Å²) in [5.41, 5.74) is 2.80. The molecule has 9 nitrogen and oxygen atoms in total. The number of hydrogen-bond acceptors (Lipinski definition) is 8. The molecule has 212 valence electrons. The molecular weight excluding hydrogens is 544 g/mol. The summed E-state index contributed by atoms with van der Waals surface area (Å²) in [5.74, 6) is 1.76. The number of thioether (sulfide) groups is 1. The quantitative estimate of drug-likeness (QED) is 0.324. The maximum atomic E-state index is 12.9. The zero-order chi connectivity index (χ0) is 28.9. The number of ether oxygens (including phenoxy) is 1. The number of benzene rings is 1. The zero-order valence-electron chi connectivity index (χ0n) is 23.7. The Morgan fingerprint density at radius 2 is 1.98 bits per heavy atom. The van der Waals surface area contributed by atoms with Crippen molar-refractivity contribution >= 4 is 39.9 Å². The number of nitrogens with one attached hydrogen (secondary N) is 2. The minimum absolute atomic E-state index is 0.120. The molecule has 2 heterocycles. The van der Waals surface area contributed by atoms with Crippen molar-refractivity contribution in [3.05, 3.63) is 51.7 Å². The Bertz CT molecular complexity index is 1400. The van der Waals surface area contributed by atoms with Crippen LogP contribution in [0.2, 0.25) is 0 Å². The molecular formula is C29H36N6O3S2. The van der Waals surface area contributed by atoms with Crippen LogP contribution in [0.4, 0.5) is 5.00 Å². The minimum Gasteiger partial charge on any atom is -0.497 e. The SMILES string of the molecule is CCn1c(CNC(=O)Cc2ccc(OC)cc2)nnc1SCC(=O)Nc1sc2c(c1C#N)CC[C@@H](C(C)(C)C)C2. The first kappa shape index (κ1) is 29.6. The number of fused-ring (bicyclic) bond motifs is 1. The average molecular weight is 581 g/mol. The third-order valence-electron chi connectivity index (χ3n) is 7.26. The molecule has 1 aliphatic carbocycles. The van der Waals surface area contributed by atoms with Gasteiger partial charge in [-0.2, -0.15) is 5.26 Å². The molecule has 0 spiro atoms. The molecule has 0 saturated heterocycles. The van der Waals surface area contributed by atoms with E-state index in [2.05, 4.69) is 47.7 Å². The fraction of sp³-hybridized carbons (Fsp3) is 0.483. The van der Waals surface area contributed by atoms with Crippen molar-refractivity contribution in [2.75, 3.05) is 18.2 Å². The van der Waals surface area contributed by atoms with Gasteiger partial charge < -0.3 is 19.9 Å². The largest absolute Gasteiger partial charge is 0.497 e. The van der Waals surface area contributed by atoms with Crippen molar-refractivity contribution in [2.45, 2.75) is 71.6 Å². The van der Waals surface area contributed by atoms with Gasteiger partial charge in [-0.05, 0) is 60.8 Å². The number of nitrogens with zero attached hydrogens (tertiary/aromatic N) is 4. The van der Waals surface area contributed by atoms with Crippen LogP contribution in [0.25, 0.3) is 0 Å². The molecule has 0 fully saturated rings. The molecule has 0 radical (unpaired) electrons. The van der Waals surface area contributed by atoms with Crippen molar-refractivity contribution in [1.29, 1.82) is 5.26 Å². The molecule has 0 saturated carbocycles. The highest BCUT2D eigenvalue weighted by molar-refractivity contribution is 7.99. The number of hydrogen-bond donors (Lipinski definition) is 2. The van der Waals surface area contributed by atoms with Gasteiger partial charge >= 0.3 is 0 Å². The standard InChI is InChI=1S/C29H36N6O3S2/c1-6-35-24(16-31-25(36)13-18-7-10-20(38-5)11-8-18)33-34-28(35)39-17-26(37)32-27-22(15-30)21-12-9-19(29(2,3)4)14-23(21)40-27/h7-8,10-11,19H,6,9,12-14,16-17H2,1-5H3,(H,31,36)(H,32,37)/t19-/m1/s1. The molecule has 3 aromatic rings. The van der Waals surface area contributed by atoms with Crippen LogP contribution in [0, 0.1) is 22.7 Å². The van der Waals surface area contributed by atoms with Crippen LogP contribution in [0.3, 0.4) is 0 Å². The third kappa shape index (κ3) is 7.04. The summed E-state index contributed by atoms with van der Waals surface area (Å²) in [6.07, 6.45) is 3.13. The van der Waals surface area contributed by atoms with Gasteiger partial charge in [-0.1, -0.05) is 44.7 Å². The van der Waals surface area contributed by atoms with E-state index in [1.54, 1.807) is 7.11 Å².